The predicted molar refractivity (Wildman–Crippen MR) is 84.2 cm³/mol. The average molecular weight is 279 g/mol. The zero-order valence-electron chi connectivity index (χ0n) is 10.6. The molecule has 4 aromatic rings. The molecule has 1 aromatic heterocycles. The molecule has 0 N–H and O–H groups in total. The number of fused-ring (bicyclic) bond motifs is 3. The van der Waals surface area contributed by atoms with Gasteiger partial charge in [-0.2, -0.15) is 0 Å². The molecule has 0 atom stereocenters. The van der Waals surface area contributed by atoms with Gasteiger partial charge in [0.25, 0.3) is 0 Å². The van der Waals surface area contributed by atoms with E-state index < -0.39 is 0 Å². The molecule has 0 aliphatic rings. The third-order valence-corrected chi connectivity index (χ3v) is 3.89. The third-order valence-electron chi connectivity index (χ3n) is 3.57. The summed E-state index contributed by atoms with van der Waals surface area (Å²) < 4.78 is 5.96. The van der Waals surface area contributed by atoms with Gasteiger partial charge in [-0.15, -0.1) is 0 Å². The molecule has 2 heteroatoms. The minimum Gasteiger partial charge on any atom is -0.456 e. The van der Waals surface area contributed by atoms with Crippen LogP contribution in [0.2, 0.25) is 5.02 Å². The Kier molecular flexibility index (Phi) is 2.54. The Morgan fingerprint density at radius 3 is 2.45 bits per heavy atom. The Morgan fingerprint density at radius 1 is 0.750 bits per heavy atom. The predicted octanol–water partition coefficient (Wildman–Crippen LogP) is 5.91. The van der Waals surface area contributed by atoms with E-state index in [9.17, 15) is 0 Å². The minimum atomic E-state index is 0.705. The van der Waals surface area contributed by atoms with Crippen LogP contribution in [0.15, 0.2) is 71.1 Å². The smallest absolute Gasteiger partial charge is 0.136 e. The van der Waals surface area contributed by atoms with Crippen LogP contribution in [0, 0.1) is 0 Å². The van der Waals surface area contributed by atoms with E-state index in [0.29, 0.717) is 5.02 Å². The fourth-order valence-corrected chi connectivity index (χ4v) is 2.82. The summed E-state index contributed by atoms with van der Waals surface area (Å²) in [6.45, 7) is 0. The largest absolute Gasteiger partial charge is 0.456 e. The Bertz CT molecular complexity index is 921. The molecule has 0 radical (unpaired) electrons. The molecule has 0 bridgehead atoms. The molecule has 20 heavy (non-hydrogen) atoms. The zero-order valence-corrected chi connectivity index (χ0v) is 11.4. The molecular weight excluding hydrogens is 268 g/mol. The molecule has 0 saturated heterocycles. The maximum Gasteiger partial charge on any atom is 0.136 e. The maximum absolute atomic E-state index is 6.24. The van der Waals surface area contributed by atoms with Crippen molar-refractivity contribution in [2.75, 3.05) is 0 Å². The van der Waals surface area contributed by atoms with Gasteiger partial charge in [0.05, 0.1) is 5.02 Å². The highest BCUT2D eigenvalue weighted by molar-refractivity contribution is 6.33. The highest BCUT2D eigenvalue weighted by Crippen LogP contribution is 2.35. The second kappa shape index (κ2) is 4.39. The van der Waals surface area contributed by atoms with E-state index in [2.05, 4.69) is 24.3 Å². The van der Waals surface area contributed by atoms with Crippen molar-refractivity contribution in [2.24, 2.45) is 0 Å². The minimum absolute atomic E-state index is 0.705. The summed E-state index contributed by atoms with van der Waals surface area (Å²) in [5.74, 6) is 0.807. The molecule has 96 valence electrons. The van der Waals surface area contributed by atoms with Crippen LogP contribution < -0.4 is 0 Å². The molecule has 0 spiro atoms. The molecule has 1 heterocycles. The number of furan rings is 1. The molecule has 0 amide bonds. The van der Waals surface area contributed by atoms with E-state index in [0.717, 1.165) is 22.3 Å². The topological polar surface area (TPSA) is 13.1 Å². The lowest BCUT2D eigenvalue weighted by atomic mass is 10.1. The first-order valence-corrected chi connectivity index (χ1v) is 6.87. The van der Waals surface area contributed by atoms with Crippen LogP contribution in [0.1, 0.15) is 0 Å². The standard InChI is InChI=1S/C18H11ClO/c19-16-8-4-3-7-14(16)18-11-15-13-6-2-1-5-12(13)9-10-17(15)20-18/h1-11H. The summed E-state index contributed by atoms with van der Waals surface area (Å²) in [5.41, 5.74) is 1.81. The lowest BCUT2D eigenvalue weighted by Crippen LogP contribution is -1.74. The van der Waals surface area contributed by atoms with E-state index in [1.807, 2.05) is 42.5 Å². The molecule has 1 nitrogen and oxygen atoms in total. The van der Waals surface area contributed by atoms with Gasteiger partial charge in [-0.3, -0.25) is 0 Å². The fourth-order valence-electron chi connectivity index (χ4n) is 2.59. The van der Waals surface area contributed by atoms with E-state index in [1.54, 1.807) is 0 Å². The summed E-state index contributed by atoms with van der Waals surface area (Å²) in [7, 11) is 0. The first-order valence-electron chi connectivity index (χ1n) is 6.49. The Labute approximate surface area is 121 Å². The van der Waals surface area contributed by atoms with Gasteiger partial charge in [0.2, 0.25) is 0 Å². The van der Waals surface area contributed by atoms with Gasteiger partial charge in [0.1, 0.15) is 11.3 Å². The van der Waals surface area contributed by atoms with Crippen molar-refractivity contribution in [3.8, 4) is 11.3 Å². The molecule has 0 saturated carbocycles. The molecule has 0 aliphatic heterocycles. The van der Waals surface area contributed by atoms with Gasteiger partial charge < -0.3 is 4.42 Å². The maximum atomic E-state index is 6.24. The average Bonchev–Trinajstić information content (AvgIpc) is 2.92. The zero-order chi connectivity index (χ0) is 13.5. The van der Waals surface area contributed by atoms with Crippen LogP contribution in [0.5, 0.6) is 0 Å². The lowest BCUT2D eigenvalue weighted by Gasteiger charge is -1.98. The Hall–Kier alpha value is -2.25. The van der Waals surface area contributed by atoms with Crippen LogP contribution >= 0.6 is 11.6 Å². The van der Waals surface area contributed by atoms with Crippen molar-refractivity contribution in [3.63, 3.8) is 0 Å². The third kappa shape index (κ3) is 1.71. The van der Waals surface area contributed by atoms with Crippen molar-refractivity contribution >= 4 is 33.3 Å². The van der Waals surface area contributed by atoms with Crippen molar-refractivity contribution in [1.29, 1.82) is 0 Å². The number of rotatable bonds is 1. The van der Waals surface area contributed by atoms with Crippen LogP contribution in [0.25, 0.3) is 33.1 Å². The van der Waals surface area contributed by atoms with Gasteiger partial charge in [-0.25, -0.2) is 0 Å². The van der Waals surface area contributed by atoms with Crippen LogP contribution in [-0.2, 0) is 0 Å². The van der Waals surface area contributed by atoms with Crippen molar-refractivity contribution in [1.82, 2.24) is 0 Å². The fraction of sp³-hybridized carbons (Fsp3) is 0. The summed E-state index contributed by atoms with van der Waals surface area (Å²) in [6, 6.07) is 22.2. The van der Waals surface area contributed by atoms with Crippen molar-refractivity contribution in [2.45, 2.75) is 0 Å². The normalized spacial score (nSPS) is 11.2. The monoisotopic (exact) mass is 278 g/mol. The number of hydrogen-bond donors (Lipinski definition) is 0. The van der Waals surface area contributed by atoms with E-state index in [4.69, 9.17) is 16.0 Å². The number of benzene rings is 3. The summed E-state index contributed by atoms with van der Waals surface area (Å²) in [4.78, 5) is 0. The summed E-state index contributed by atoms with van der Waals surface area (Å²) >= 11 is 6.24. The second-order valence-corrected chi connectivity index (χ2v) is 5.20. The Morgan fingerprint density at radius 2 is 1.55 bits per heavy atom. The SMILES string of the molecule is Clc1ccccc1-c1cc2c(ccc3ccccc32)o1. The number of hydrogen-bond acceptors (Lipinski definition) is 1. The number of halogens is 1. The van der Waals surface area contributed by atoms with Crippen molar-refractivity contribution < 1.29 is 4.42 Å². The van der Waals surface area contributed by atoms with Crippen molar-refractivity contribution in [3.05, 3.63) is 71.8 Å². The quantitative estimate of drug-likeness (QED) is 0.422. The van der Waals surface area contributed by atoms with Gasteiger partial charge in [-0.05, 0) is 35.0 Å². The van der Waals surface area contributed by atoms with Crippen LogP contribution in [0.3, 0.4) is 0 Å². The highest BCUT2D eigenvalue weighted by Gasteiger charge is 2.10. The van der Waals surface area contributed by atoms with E-state index in [-0.39, 0.29) is 0 Å². The summed E-state index contributed by atoms with van der Waals surface area (Å²) in [5, 5.41) is 4.24. The molecule has 0 aliphatic carbocycles. The lowest BCUT2D eigenvalue weighted by molar-refractivity contribution is 0.632. The van der Waals surface area contributed by atoms with Crippen LogP contribution in [-0.4, -0.2) is 0 Å². The highest BCUT2D eigenvalue weighted by atomic mass is 35.5. The molecule has 4 rings (SSSR count). The van der Waals surface area contributed by atoms with Gasteiger partial charge >= 0.3 is 0 Å². The van der Waals surface area contributed by atoms with Crippen LogP contribution in [0.4, 0.5) is 0 Å². The molecular formula is C18H11ClO. The molecule has 3 aromatic carbocycles. The first-order chi connectivity index (χ1) is 9.83. The van der Waals surface area contributed by atoms with E-state index >= 15 is 0 Å². The van der Waals surface area contributed by atoms with Gasteiger partial charge in [-0.1, -0.05) is 54.1 Å². The molecule has 0 unspecified atom stereocenters. The van der Waals surface area contributed by atoms with Gasteiger partial charge in [0, 0.05) is 10.9 Å². The first kappa shape index (κ1) is 11.6. The Balaban J connectivity index is 2.04. The summed E-state index contributed by atoms with van der Waals surface area (Å²) in [6.07, 6.45) is 0. The second-order valence-electron chi connectivity index (χ2n) is 4.79. The van der Waals surface area contributed by atoms with Gasteiger partial charge in [0.15, 0.2) is 0 Å². The molecule has 0 fully saturated rings. The van der Waals surface area contributed by atoms with E-state index in [1.165, 1.54) is 10.8 Å².